The van der Waals surface area contributed by atoms with Gasteiger partial charge >= 0.3 is 6.18 Å². The van der Waals surface area contributed by atoms with Crippen LogP contribution < -0.4 is 0 Å². The summed E-state index contributed by atoms with van der Waals surface area (Å²) in [5.74, 6) is -0.00742. The van der Waals surface area contributed by atoms with Crippen LogP contribution in [0.4, 0.5) is 13.2 Å². The summed E-state index contributed by atoms with van der Waals surface area (Å²) in [5.41, 5.74) is 0. The van der Waals surface area contributed by atoms with E-state index < -0.39 is 18.9 Å². The highest BCUT2D eigenvalue weighted by Crippen LogP contribution is 2.20. The van der Waals surface area contributed by atoms with Crippen LogP contribution in [0.2, 0.25) is 0 Å². The van der Waals surface area contributed by atoms with Crippen LogP contribution in [-0.2, 0) is 9.47 Å². The van der Waals surface area contributed by atoms with Crippen molar-refractivity contribution in [2.75, 3.05) is 26.4 Å². The van der Waals surface area contributed by atoms with E-state index in [1.165, 1.54) is 0 Å². The van der Waals surface area contributed by atoms with Crippen molar-refractivity contribution in [3.8, 4) is 0 Å². The highest BCUT2D eigenvalue weighted by Gasteiger charge is 2.29. The summed E-state index contributed by atoms with van der Waals surface area (Å²) in [5, 5.41) is 9.52. The van der Waals surface area contributed by atoms with Crippen LogP contribution in [0.15, 0.2) is 0 Å². The molecule has 0 aromatic heterocycles. The topological polar surface area (TPSA) is 38.7 Å². The Bertz CT molecular complexity index is 178. The monoisotopic (exact) mass is 228 g/mol. The number of aliphatic hydroxyl groups is 1. The second kappa shape index (κ2) is 5.67. The van der Waals surface area contributed by atoms with E-state index in [2.05, 4.69) is 4.74 Å². The number of alkyl halides is 3. The first-order chi connectivity index (χ1) is 6.99. The molecule has 0 aromatic carbocycles. The molecule has 0 aliphatic carbocycles. The number of rotatable bonds is 4. The number of aliphatic hydroxyl groups excluding tert-OH is 1. The summed E-state index contributed by atoms with van der Waals surface area (Å²) < 4.78 is 44.6. The Morgan fingerprint density at radius 2 is 1.93 bits per heavy atom. The minimum atomic E-state index is -4.32. The average Bonchev–Trinajstić information content (AvgIpc) is 2.17. The summed E-state index contributed by atoms with van der Waals surface area (Å²) in [6.45, 7) is -0.445. The largest absolute Gasteiger partial charge is 0.411 e. The zero-order chi connectivity index (χ0) is 11.3. The van der Waals surface area contributed by atoms with Crippen LogP contribution in [0.25, 0.3) is 0 Å². The Balaban J connectivity index is 2.14. The molecule has 90 valence electrons. The summed E-state index contributed by atoms with van der Waals surface area (Å²) in [6, 6.07) is 0. The third kappa shape index (κ3) is 5.34. The van der Waals surface area contributed by atoms with Crippen LogP contribution in [0.3, 0.4) is 0 Å². The van der Waals surface area contributed by atoms with Gasteiger partial charge in [-0.3, -0.25) is 0 Å². The maximum absolute atomic E-state index is 11.7. The number of hydrogen-bond donors (Lipinski definition) is 1. The lowest BCUT2D eigenvalue weighted by Gasteiger charge is -2.26. The zero-order valence-electron chi connectivity index (χ0n) is 8.29. The Morgan fingerprint density at radius 3 is 2.47 bits per heavy atom. The highest BCUT2D eigenvalue weighted by molar-refractivity contribution is 4.71. The quantitative estimate of drug-likeness (QED) is 0.789. The van der Waals surface area contributed by atoms with Crippen molar-refractivity contribution >= 4 is 0 Å². The molecule has 6 heteroatoms. The molecule has 1 rings (SSSR count). The molecule has 1 aliphatic rings. The predicted octanol–water partition coefficient (Wildman–Crippen LogP) is 1.35. The van der Waals surface area contributed by atoms with Crippen molar-refractivity contribution in [1.29, 1.82) is 0 Å². The van der Waals surface area contributed by atoms with Gasteiger partial charge in [0.1, 0.15) is 6.61 Å². The van der Waals surface area contributed by atoms with Crippen molar-refractivity contribution in [2.45, 2.75) is 25.1 Å². The van der Waals surface area contributed by atoms with Gasteiger partial charge in [-0.25, -0.2) is 0 Å². The molecule has 1 atom stereocenters. The van der Waals surface area contributed by atoms with E-state index in [1.54, 1.807) is 0 Å². The highest BCUT2D eigenvalue weighted by atomic mass is 19.4. The van der Waals surface area contributed by atoms with Gasteiger partial charge in [0, 0.05) is 13.2 Å². The van der Waals surface area contributed by atoms with E-state index in [0.717, 1.165) is 0 Å². The van der Waals surface area contributed by atoms with Crippen molar-refractivity contribution < 1.29 is 27.8 Å². The van der Waals surface area contributed by atoms with Gasteiger partial charge in [-0.2, -0.15) is 13.2 Å². The van der Waals surface area contributed by atoms with Gasteiger partial charge in [0.25, 0.3) is 0 Å². The molecule has 1 heterocycles. The normalized spacial score (nSPS) is 21.6. The Labute approximate surface area is 86.2 Å². The molecule has 1 unspecified atom stereocenters. The van der Waals surface area contributed by atoms with Crippen molar-refractivity contribution in [1.82, 2.24) is 0 Å². The first-order valence-corrected chi connectivity index (χ1v) is 4.89. The third-order valence-corrected chi connectivity index (χ3v) is 2.36. The molecule has 0 saturated carbocycles. The van der Waals surface area contributed by atoms with E-state index in [1.807, 2.05) is 0 Å². The number of halogens is 3. The van der Waals surface area contributed by atoms with Crippen LogP contribution in [0.5, 0.6) is 0 Å². The molecule has 1 N–H and O–H groups in total. The summed E-state index contributed by atoms with van der Waals surface area (Å²) in [7, 11) is 0. The van der Waals surface area contributed by atoms with E-state index in [0.29, 0.717) is 26.1 Å². The lowest BCUT2D eigenvalue weighted by Crippen LogP contribution is -2.32. The van der Waals surface area contributed by atoms with Gasteiger partial charge < -0.3 is 14.6 Å². The lowest BCUT2D eigenvalue weighted by molar-refractivity contribution is -0.181. The summed E-state index contributed by atoms with van der Waals surface area (Å²) in [6.07, 6.45) is -3.79. The molecule has 0 aromatic rings. The van der Waals surface area contributed by atoms with Crippen LogP contribution >= 0.6 is 0 Å². The van der Waals surface area contributed by atoms with Crippen LogP contribution in [0, 0.1) is 5.92 Å². The van der Waals surface area contributed by atoms with Gasteiger partial charge in [0.15, 0.2) is 0 Å². The second-order valence-corrected chi connectivity index (χ2v) is 3.65. The van der Waals surface area contributed by atoms with Crippen LogP contribution in [0.1, 0.15) is 12.8 Å². The summed E-state index contributed by atoms with van der Waals surface area (Å²) in [4.78, 5) is 0. The Morgan fingerprint density at radius 1 is 1.33 bits per heavy atom. The van der Waals surface area contributed by atoms with E-state index >= 15 is 0 Å². The second-order valence-electron chi connectivity index (χ2n) is 3.65. The fraction of sp³-hybridized carbons (Fsp3) is 1.00. The first-order valence-electron chi connectivity index (χ1n) is 4.89. The van der Waals surface area contributed by atoms with Crippen molar-refractivity contribution in [2.24, 2.45) is 5.92 Å². The zero-order valence-corrected chi connectivity index (χ0v) is 8.29. The standard InChI is InChI=1S/C9H15F3O3/c10-9(11,12)6-15-5-8(13)7-1-3-14-4-2-7/h7-8,13H,1-6H2. The van der Waals surface area contributed by atoms with Crippen molar-refractivity contribution in [3.05, 3.63) is 0 Å². The molecule has 0 amide bonds. The molecule has 1 fully saturated rings. The Hall–Kier alpha value is -0.330. The van der Waals surface area contributed by atoms with Gasteiger partial charge in [0.05, 0.1) is 12.7 Å². The maximum Gasteiger partial charge on any atom is 0.411 e. The van der Waals surface area contributed by atoms with Crippen molar-refractivity contribution in [3.63, 3.8) is 0 Å². The number of hydrogen-bond acceptors (Lipinski definition) is 3. The fourth-order valence-electron chi connectivity index (χ4n) is 1.53. The molecule has 1 aliphatic heterocycles. The van der Waals surface area contributed by atoms with Gasteiger partial charge in [0.2, 0.25) is 0 Å². The molecule has 0 spiro atoms. The fourth-order valence-corrected chi connectivity index (χ4v) is 1.53. The van der Waals surface area contributed by atoms with Crippen LogP contribution in [-0.4, -0.2) is 43.8 Å². The van der Waals surface area contributed by atoms with E-state index in [9.17, 15) is 18.3 Å². The first kappa shape index (κ1) is 12.7. The summed E-state index contributed by atoms with van der Waals surface area (Å²) >= 11 is 0. The van der Waals surface area contributed by atoms with Gasteiger partial charge in [-0.05, 0) is 18.8 Å². The van der Waals surface area contributed by atoms with Gasteiger partial charge in [-0.1, -0.05) is 0 Å². The molecule has 3 nitrogen and oxygen atoms in total. The third-order valence-electron chi connectivity index (χ3n) is 2.36. The minimum absolute atomic E-state index is 0.00742. The molecule has 15 heavy (non-hydrogen) atoms. The minimum Gasteiger partial charge on any atom is -0.390 e. The molecule has 1 saturated heterocycles. The molecule has 0 radical (unpaired) electrons. The Kier molecular flexibility index (Phi) is 4.82. The average molecular weight is 228 g/mol. The molecular weight excluding hydrogens is 213 g/mol. The van der Waals surface area contributed by atoms with Gasteiger partial charge in [-0.15, -0.1) is 0 Å². The maximum atomic E-state index is 11.7. The lowest BCUT2D eigenvalue weighted by atomic mass is 9.94. The molecule has 0 bridgehead atoms. The SMILES string of the molecule is OC(COCC(F)(F)F)C1CCOCC1. The van der Waals surface area contributed by atoms with E-state index in [-0.39, 0.29) is 12.5 Å². The number of ether oxygens (including phenoxy) is 2. The molecular formula is C9H15F3O3. The predicted molar refractivity (Wildman–Crippen MR) is 46.4 cm³/mol. The smallest absolute Gasteiger partial charge is 0.390 e. The van der Waals surface area contributed by atoms with E-state index in [4.69, 9.17) is 4.74 Å².